The van der Waals surface area contributed by atoms with E-state index in [-0.39, 0.29) is 17.2 Å². The number of hydrogen-bond donors (Lipinski definition) is 2. The second-order valence-electron chi connectivity index (χ2n) is 10.6. The highest BCUT2D eigenvalue weighted by molar-refractivity contribution is 6.10. The molecule has 0 radical (unpaired) electrons. The second kappa shape index (κ2) is 10.3. The van der Waals surface area contributed by atoms with Crippen LogP contribution in [0.25, 0.3) is 5.52 Å². The molecule has 1 saturated heterocycles. The van der Waals surface area contributed by atoms with E-state index < -0.39 is 6.10 Å². The fraction of sp³-hybridized carbons (Fsp3) is 0.448. The number of likely N-dealkylation sites (tertiary alicyclic amines) is 1. The number of aromatic nitrogens is 1. The van der Waals surface area contributed by atoms with E-state index >= 15 is 0 Å². The molecule has 1 aliphatic heterocycles. The number of fused-ring (bicyclic) bond motifs is 1. The third-order valence-corrected chi connectivity index (χ3v) is 6.66. The molecule has 1 aliphatic rings. The molecular formula is C29H37N3O3. The number of hydrogen-bond acceptors (Lipinski definition) is 4. The number of aliphatic hydroxyl groups is 1. The average Bonchev–Trinajstić information content (AvgIpc) is 3.43. The van der Waals surface area contributed by atoms with Crippen LogP contribution in [0.4, 0.5) is 0 Å². The molecule has 0 bridgehead atoms. The number of ketones is 1. The van der Waals surface area contributed by atoms with Crippen LogP contribution in [0, 0.1) is 0 Å². The topological polar surface area (TPSA) is 74.0 Å². The molecule has 1 fully saturated rings. The van der Waals surface area contributed by atoms with Gasteiger partial charge in [0, 0.05) is 41.5 Å². The molecule has 186 valence electrons. The largest absolute Gasteiger partial charge is 0.391 e. The number of aryl methyl sites for hydroxylation is 2. The summed E-state index contributed by atoms with van der Waals surface area (Å²) in [7, 11) is 0. The molecular weight excluding hydrogens is 438 g/mol. The molecule has 6 heteroatoms. The summed E-state index contributed by atoms with van der Waals surface area (Å²) < 4.78 is 1.89. The van der Waals surface area contributed by atoms with Gasteiger partial charge in [-0.3, -0.25) is 9.59 Å². The van der Waals surface area contributed by atoms with Crippen molar-refractivity contribution < 1.29 is 14.7 Å². The molecule has 2 N–H and O–H groups in total. The molecule has 6 nitrogen and oxygen atoms in total. The molecule has 1 atom stereocenters. The maximum Gasteiger partial charge on any atom is 0.254 e. The fourth-order valence-electron chi connectivity index (χ4n) is 4.72. The van der Waals surface area contributed by atoms with Crippen LogP contribution in [-0.4, -0.2) is 57.4 Å². The van der Waals surface area contributed by atoms with Crippen molar-refractivity contribution >= 4 is 17.2 Å². The van der Waals surface area contributed by atoms with E-state index in [2.05, 4.69) is 26.1 Å². The standard InChI is InChI=1S/C29H37N3O3/c1-5-21-17-24-18-23(28(35)31-15-13-25(33)19-31)12-16-32(24)26(21)27(34)22-10-8-20(9-11-22)7-6-14-30-29(2,3)4/h8-12,16-18,25,30,33H,5-7,13-15,19H2,1-4H3/t25-/m0/s1. The Morgan fingerprint density at radius 3 is 2.46 bits per heavy atom. The molecule has 0 saturated carbocycles. The number of aliphatic hydroxyl groups excluding tert-OH is 1. The SMILES string of the molecule is CCc1cc2cc(C(=O)N3CC[C@H](O)C3)ccn2c1C(=O)c1ccc(CCCNC(C)(C)C)cc1. The molecule has 4 rings (SSSR count). The first-order valence-corrected chi connectivity index (χ1v) is 12.7. The van der Waals surface area contributed by atoms with Crippen LogP contribution in [0.2, 0.25) is 0 Å². The molecule has 1 aromatic carbocycles. The molecule has 3 heterocycles. The third kappa shape index (κ3) is 5.82. The molecule has 0 unspecified atom stereocenters. The van der Waals surface area contributed by atoms with Crippen LogP contribution >= 0.6 is 0 Å². The highest BCUT2D eigenvalue weighted by Crippen LogP contribution is 2.23. The zero-order valence-corrected chi connectivity index (χ0v) is 21.3. The number of nitrogens with one attached hydrogen (secondary N) is 1. The van der Waals surface area contributed by atoms with Gasteiger partial charge in [0.25, 0.3) is 5.91 Å². The van der Waals surface area contributed by atoms with Crippen molar-refractivity contribution in [3.8, 4) is 0 Å². The van der Waals surface area contributed by atoms with E-state index in [9.17, 15) is 14.7 Å². The predicted molar refractivity (Wildman–Crippen MR) is 139 cm³/mol. The Kier molecular flexibility index (Phi) is 7.43. The molecule has 3 aromatic rings. The van der Waals surface area contributed by atoms with Gasteiger partial charge in [-0.2, -0.15) is 0 Å². The first kappa shape index (κ1) is 25.1. The molecule has 1 amide bonds. The van der Waals surface area contributed by atoms with E-state index in [4.69, 9.17) is 0 Å². The maximum atomic E-state index is 13.5. The highest BCUT2D eigenvalue weighted by Gasteiger charge is 2.26. The first-order chi connectivity index (χ1) is 16.7. The minimum atomic E-state index is -0.446. The fourth-order valence-corrected chi connectivity index (χ4v) is 4.72. The lowest BCUT2D eigenvalue weighted by Crippen LogP contribution is -2.36. The number of amides is 1. The van der Waals surface area contributed by atoms with Gasteiger partial charge < -0.3 is 19.7 Å². The zero-order valence-electron chi connectivity index (χ0n) is 21.3. The monoisotopic (exact) mass is 475 g/mol. The van der Waals surface area contributed by atoms with Crippen molar-refractivity contribution in [2.45, 2.75) is 65.0 Å². The second-order valence-corrected chi connectivity index (χ2v) is 10.6. The summed E-state index contributed by atoms with van der Waals surface area (Å²) in [5.41, 5.74) is 5.05. The van der Waals surface area contributed by atoms with Gasteiger partial charge in [-0.05, 0) is 82.3 Å². The number of nitrogens with zero attached hydrogens (tertiary/aromatic N) is 2. The van der Waals surface area contributed by atoms with Gasteiger partial charge in [0.1, 0.15) is 0 Å². The molecule has 0 aliphatic carbocycles. The van der Waals surface area contributed by atoms with Crippen molar-refractivity contribution in [1.29, 1.82) is 0 Å². The molecule has 35 heavy (non-hydrogen) atoms. The normalized spacial score (nSPS) is 16.3. The van der Waals surface area contributed by atoms with Crippen LogP contribution in [0.15, 0.2) is 48.7 Å². The quantitative estimate of drug-likeness (QED) is 0.377. The zero-order chi connectivity index (χ0) is 25.2. The summed E-state index contributed by atoms with van der Waals surface area (Å²) in [4.78, 5) is 28.1. The van der Waals surface area contributed by atoms with E-state index in [0.29, 0.717) is 36.3 Å². The summed E-state index contributed by atoms with van der Waals surface area (Å²) in [5.74, 6) is -0.0889. The van der Waals surface area contributed by atoms with Crippen LogP contribution < -0.4 is 5.32 Å². The Labute approximate surface area is 208 Å². The van der Waals surface area contributed by atoms with Crippen LogP contribution in [0.1, 0.15) is 78.1 Å². The summed E-state index contributed by atoms with van der Waals surface area (Å²) >= 11 is 0. The van der Waals surface area contributed by atoms with Gasteiger partial charge in [-0.15, -0.1) is 0 Å². The van der Waals surface area contributed by atoms with Crippen LogP contribution in [0.5, 0.6) is 0 Å². The third-order valence-electron chi connectivity index (χ3n) is 6.66. The van der Waals surface area contributed by atoms with Gasteiger partial charge in [0.2, 0.25) is 5.78 Å². The van der Waals surface area contributed by atoms with Gasteiger partial charge in [-0.1, -0.05) is 31.2 Å². The average molecular weight is 476 g/mol. The lowest BCUT2D eigenvalue weighted by Gasteiger charge is -2.20. The number of carbonyl (C=O) groups excluding carboxylic acids is 2. The van der Waals surface area contributed by atoms with E-state index in [1.165, 1.54) is 5.56 Å². The lowest BCUT2D eigenvalue weighted by atomic mass is 10.0. The van der Waals surface area contributed by atoms with Gasteiger partial charge in [0.15, 0.2) is 0 Å². The Morgan fingerprint density at radius 2 is 1.83 bits per heavy atom. The Hall–Kier alpha value is -2.96. The van der Waals surface area contributed by atoms with Crippen LogP contribution in [0.3, 0.4) is 0 Å². The maximum absolute atomic E-state index is 13.5. The summed E-state index contributed by atoms with van der Waals surface area (Å²) in [6.07, 6.45) is 4.73. The van der Waals surface area contributed by atoms with Gasteiger partial charge in [0.05, 0.1) is 11.8 Å². The highest BCUT2D eigenvalue weighted by atomic mass is 16.3. The smallest absolute Gasteiger partial charge is 0.254 e. The summed E-state index contributed by atoms with van der Waals surface area (Å²) in [5, 5.41) is 13.3. The first-order valence-electron chi connectivity index (χ1n) is 12.7. The number of pyridine rings is 1. The number of β-amino-alcohol motifs (C(OH)–C–C–N with tert-alkyl or cyclic N) is 1. The van der Waals surface area contributed by atoms with Crippen molar-refractivity contribution in [3.63, 3.8) is 0 Å². The van der Waals surface area contributed by atoms with E-state index in [1.807, 2.05) is 53.9 Å². The van der Waals surface area contributed by atoms with E-state index in [0.717, 1.165) is 36.9 Å². The number of carbonyl (C=O) groups is 2. The van der Waals surface area contributed by atoms with Crippen molar-refractivity contribution in [1.82, 2.24) is 14.6 Å². The number of rotatable bonds is 8. The van der Waals surface area contributed by atoms with Crippen molar-refractivity contribution in [2.75, 3.05) is 19.6 Å². The lowest BCUT2D eigenvalue weighted by molar-refractivity contribution is 0.0765. The minimum absolute atomic E-state index is 0.00968. The van der Waals surface area contributed by atoms with E-state index in [1.54, 1.807) is 11.0 Å². The van der Waals surface area contributed by atoms with Crippen LogP contribution in [-0.2, 0) is 12.8 Å². The number of benzene rings is 1. The Balaban J connectivity index is 1.51. The Morgan fingerprint density at radius 1 is 1.09 bits per heavy atom. The molecule has 2 aromatic heterocycles. The summed E-state index contributed by atoms with van der Waals surface area (Å²) in [6, 6.07) is 13.6. The summed E-state index contributed by atoms with van der Waals surface area (Å²) in [6.45, 7) is 10.4. The molecule has 0 spiro atoms. The van der Waals surface area contributed by atoms with Gasteiger partial charge in [-0.25, -0.2) is 0 Å². The van der Waals surface area contributed by atoms with Gasteiger partial charge >= 0.3 is 0 Å². The van der Waals surface area contributed by atoms with Crippen molar-refractivity contribution in [2.24, 2.45) is 0 Å². The minimum Gasteiger partial charge on any atom is -0.391 e. The predicted octanol–water partition coefficient (Wildman–Crippen LogP) is 4.26. The van der Waals surface area contributed by atoms with Crippen molar-refractivity contribution in [3.05, 3.63) is 76.6 Å². The Bertz CT molecular complexity index is 1200.